The van der Waals surface area contributed by atoms with E-state index in [4.69, 9.17) is 5.73 Å². The van der Waals surface area contributed by atoms with Crippen molar-refractivity contribution in [1.29, 1.82) is 0 Å². The predicted octanol–water partition coefficient (Wildman–Crippen LogP) is 5.64. The number of nitrogens with one attached hydrogen (secondary N) is 1. The predicted molar refractivity (Wildman–Crippen MR) is 131 cm³/mol. The number of benzene rings is 2. The molecule has 4 N–H and O–H groups in total. The third-order valence-corrected chi connectivity index (χ3v) is 7.90. The van der Waals surface area contributed by atoms with Crippen LogP contribution in [0.3, 0.4) is 0 Å². The summed E-state index contributed by atoms with van der Waals surface area (Å²) in [6.07, 6.45) is 5.44. The zero-order valence-corrected chi connectivity index (χ0v) is 19.0. The minimum absolute atomic E-state index is 0. The van der Waals surface area contributed by atoms with Gasteiger partial charge >= 0.3 is 0 Å². The van der Waals surface area contributed by atoms with E-state index in [1.54, 1.807) is 6.07 Å². The molecule has 0 spiro atoms. The molecule has 2 aromatic carbocycles. The first-order valence-electron chi connectivity index (χ1n) is 9.71. The lowest BCUT2D eigenvalue weighted by molar-refractivity contribution is 0.253. The van der Waals surface area contributed by atoms with Gasteiger partial charge in [-0.2, -0.15) is 11.3 Å². The van der Waals surface area contributed by atoms with E-state index in [9.17, 15) is 9.90 Å². The first-order chi connectivity index (χ1) is 14.1. The minimum Gasteiger partial charge on any atom is -0.507 e. The highest BCUT2D eigenvalue weighted by atomic mass is 35.5. The van der Waals surface area contributed by atoms with Gasteiger partial charge in [-0.15, -0.1) is 24.2 Å². The second-order valence-electron chi connectivity index (χ2n) is 7.79. The van der Waals surface area contributed by atoms with Crippen LogP contribution in [0.2, 0.25) is 0 Å². The Kier molecular flexibility index (Phi) is 5.62. The van der Waals surface area contributed by atoms with E-state index < -0.39 is 0 Å². The Morgan fingerprint density at radius 3 is 2.50 bits per heavy atom. The number of thiophene rings is 1. The van der Waals surface area contributed by atoms with Crippen LogP contribution in [0, 0.1) is 0 Å². The summed E-state index contributed by atoms with van der Waals surface area (Å²) in [6.45, 7) is 0.666. The topological polar surface area (TPSA) is 79.1 Å². The number of hydrogen-bond donors (Lipinski definition) is 3. The molecule has 1 aliphatic rings. The van der Waals surface area contributed by atoms with Gasteiger partial charge in [0.15, 0.2) is 0 Å². The third-order valence-electron chi connectivity index (χ3n) is 6.39. The van der Waals surface area contributed by atoms with Crippen LogP contribution in [-0.2, 0) is 5.41 Å². The molecule has 1 saturated carbocycles. The van der Waals surface area contributed by atoms with Crippen molar-refractivity contribution >= 4 is 57.2 Å². The molecule has 0 radical (unpaired) electrons. The normalized spacial score (nSPS) is 15.1. The lowest BCUT2D eigenvalue weighted by atomic mass is 9.64. The second kappa shape index (κ2) is 7.93. The zero-order valence-electron chi connectivity index (χ0n) is 16.5. The zero-order chi connectivity index (χ0) is 20.2. The summed E-state index contributed by atoms with van der Waals surface area (Å²) >= 11 is 3.02. The van der Waals surface area contributed by atoms with E-state index in [1.807, 2.05) is 17.0 Å². The quantitative estimate of drug-likeness (QED) is 0.346. The molecule has 30 heavy (non-hydrogen) atoms. The van der Waals surface area contributed by atoms with E-state index in [1.165, 1.54) is 35.1 Å². The largest absolute Gasteiger partial charge is 0.507 e. The smallest absolute Gasteiger partial charge is 0.257 e. The number of aromatic amines is 1. The van der Waals surface area contributed by atoms with Crippen molar-refractivity contribution < 1.29 is 5.11 Å². The molecule has 0 saturated heterocycles. The van der Waals surface area contributed by atoms with Crippen molar-refractivity contribution in [3.05, 3.63) is 57.0 Å². The molecule has 4 aromatic rings. The molecular weight excluding hydrogens is 436 g/mol. The molecular formula is C23H23ClN2O2S2. The van der Waals surface area contributed by atoms with Crippen molar-refractivity contribution in [1.82, 2.24) is 4.98 Å². The van der Waals surface area contributed by atoms with Crippen LogP contribution in [0.15, 0.2) is 50.8 Å². The van der Waals surface area contributed by atoms with Crippen LogP contribution in [-0.4, -0.2) is 22.9 Å². The van der Waals surface area contributed by atoms with E-state index >= 15 is 0 Å². The van der Waals surface area contributed by atoms with Gasteiger partial charge in [0.05, 0.1) is 10.9 Å². The molecule has 7 heteroatoms. The summed E-state index contributed by atoms with van der Waals surface area (Å²) in [5.74, 6) is 0.228. The highest BCUT2D eigenvalue weighted by Gasteiger charge is 2.37. The van der Waals surface area contributed by atoms with Crippen LogP contribution in [0.25, 0.3) is 32.8 Å². The number of aromatic hydroxyl groups is 1. The fourth-order valence-corrected chi connectivity index (χ4v) is 5.95. The van der Waals surface area contributed by atoms with Crippen LogP contribution < -0.4 is 11.3 Å². The van der Waals surface area contributed by atoms with Gasteiger partial charge in [0.2, 0.25) is 0 Å². The van der Waals surface area contributed by atoms with E-state index in [0.29, 0.717) is 11.9 Å². The van der Waals surface area contributed by atoms with Crippen LogP contribution >= 0.6 is 35.5 Å². The molecule has 0 bridgehead atoms. The first-order valence-corrected chi connectivity index (χ1v) is 11.9. The number of halogens is 1. The maximum Gasteiger partial charge on any atom is 0.257 e. The Balaban J connectivity index is 0.00000218. The fraction of sp³-hybridized carbons (Fsp3) is 0.261. The summed E-state index contributed by atoms with van der Waals surface area (Å²) in [6, 6.07) is 10.2. The average molecular weight is 459 g/mol. The number of hydrogen-bond acceptors (Lipinski definition) is 5. The molecule has 2 aromatic heterocycles. The number of H-pyrrole nitrogens is 1. The lowest BCUT2D eigenvalue weighted by Crippen LogP contribution is -2.41. The van der Waals surface area contributed by atoms with Crippen molar-refractivity contribution in [2.45, 2.75) is 29.6 Å². The van der Waals surface area contributed by atoms with Gasteiger partial charge in [0.1, 0.15) is 5.75 Å². The Hall–Kier alpha value is -1.99. The number of pyridine rings is 1. The molecule has 0 amide bonds. The number of rotatable bonds is 4. The average Bonchev–Trinajstić information content (AvgIpc) is 3.19. The van der Waals surface area contributed by atoms with Crippen LogP contribution in [0.4, 0.5) is 0 Å². The lowest BCUT2D eigenvalue weighted by Gasteiger charge is -2.41. The van der Waals surface area contributed by atoms with Gasteiger partial charge in [-0.25, -0.2) is 0 Å². The van der Waals surface area contributed by atoms with Crippen molar-refractivity contribution in [3.8, 4) is 16.9 Å². The van der Waals surface area contributed by atoms with Crippen LogP contribution in [0.1, 0.15) is 24.8 Å². The molecule has 1 aliphatic carbocycles. The number of phenols is 1. The van der Waals surface area contributed by atoms with Gasteiger partial charge in [-0.1, -0.05) is 30.7 Å². The Bertz CT molecular complexity index is 1290. The SMILES string of the molecule is CSc1cc(O)c(-c2ccc(C3(CN)CCC3)cc2)c2c1[nH]c(=O)c1cscc12.Cl. The highest BCUT2D eigenvalue weighted by molar-refractivity contribution is 7.98. The fourth-order valence-electron chi connectivity index (χ4n) is 4.54. The van der Waals surface area contributed by atoms with Gasteiger partial charge in [-0.3, -0.25) is 4.79 Å². The van der Waals surface area contributed by atoms with Gasteiger partial charge in [0, 0.05) is 38.6 Å². The summed E-state index contributed by atoms with van der Waals surface area (Å²) < 4.78 is 0. The second-order valence-corrected chi connectivity index (χ2v) is 9.38. The Morgan fingerprint density at radius 2 is 1.90 bits per heavy atom. The minimum atomic E-state index is -0.0918. The monoisotopic (exact) mass is 458 g/mol. The van der Waals surface area contributed by atoms with Crippen molar-refractivity contribution in [3.63, 3.8) is 0 Å². The van der Waals surface area contributed by atoms with E-state index in [0.717, 1.165) is 45.2 Å². The van der Waals surface area contributed by atoms with Crippen molar-refractivity contribution in [2.24, 2.45) is 5.73 Å². The molecule has 0 unspecified atom stereocenters. The third kappa shape index (κ3) is 3.05. The molecule has 5 rings (SSSR count). The number of thioether (sulfide) groups is 1. The Labute approximate surface area is 188 Å². The number of nitrogens with two attached hydrogens (primary N) is 1. The summed E-state index contributed by atoms with van der Waals surface area (Å²) in [7, 11) is 0. The maximum atomic E-state index is 12.5. The van der Waals surface area contributed by atoms with E-state index in [-0.39, 0.29) is 29.1 Å². The summed E-state index contributed by atoms with van der Waals surface area (Å²) in [5, 5.41) is 17.3. The molecule has 0 aliphatic heterocycles. The molecule has 156 valence electrons. The summed E-state index contributed by atoms with van der Waals surface area (Å²) in [5.41, 5.74) is 9.84. The van der Waals surface area contributed by atoms with Gasteiger partial charge < -0.3 is 15.8 Å². The number of phenolic OH excluding ortho intramolecular Hbond substituents is 1. The van der Waals surface area contributed by atoms with E-state index in [2.05, 4.69) is 29.2 Å². The Morgan fingerprint density at radius 1 is 1.20 bits per heavy atom. The highest BCUT2D eigenvalue weighted by Crippen LogP contribution is 2.46. The van der Waals surface area contributed by atoms with Crippen molar-refractivity contribution in [2.75, 3.05) is 12.8 Å². The molecule has 2 heterocycles. The molecule has 1 fully saturated rings. The molecule has 4 nitrogen and oxygen atoms in total. The van der Waals surface area contributed by atoms with Gasteiger partial charge in [0.25, 0.3) is 5.56 Å². The van der Waals surface area contributed by atoms with Crippen LogP contribution in [0.5, 0.6) is 5.75 Å². The van der Waals surface area contributed by atoms with Gasteiger partial charge in [-0.05, 0) is 41.7 Å². The standard InChI is InChI=1S/C23H22N2O2S2.ClH/c1-28-18-9-17(26)19(20-15-10-29-11-16(15)22(27)25-21(18)20)13-3-5-14(6-4-13)23(12-24)7-2-8-23;/h3-6,9-11,26H,2,7-8,12,24H2,1H3,(H,25,27);1H. The summed E-state index contributed by atoms with van der Waals surface area (Å²) in [4.78, 5) is 16.5. The number of fused-ring (bicyclic) bond motifs is 3. The maximum absolute atomic E-state index is 12.5. The molecule has 0 atom stereocenters. The first kappa shape index (κ1) is 21.2. The number of aromatic nitrogens is 1.